The van der Waals surface area contributed by atoms with E-state index in [1.807, 2.05) is 4.98 Å². The van der Waals surface area contributed by atoms with Gasteiger partial charge >= 0.3 is 5.69 Å². The summed E-state index contributed by atoms with van der Waals surface area (Å²) in [4.78, 5) is 35.9. The Morgan fingerprint density at radius 1 is 1.46 bits per heavy atom. The first-order valence-electron chi connectivity index (χ1n) is 6.86. The van der Waals surface area contributed by atoms with Gasteiger partial charge in [0.2, 0.25) is 5.91 Å². The zero-order chi connectivity index (χ0) is 17.5. The molecule has 10 heteroatoms. The van der Waals surface area contributed by atoms with Crippen molar-refractivity contribution in [1.29, 1.82) is 0 Å². The molecule has 2 rings (SSSR count). The van der Waals surface area contributed by atoms with Crippen molar-refractivity contribution in [2.45, 2.75) is 12.8 Å². The molecule has 10 nitrogen and oxygen atoms in total. The number of phenolic OH excluding ortho intramolecular Hbond substituents is 1. The highest BCUT2D eigenvalue weighted by Crippen LogP contribution is 2.25. The number of aromatic nitrogens is 3. The number of hydrogen-bond donors (Lipinski definition) is 4. The van der Waals surface area contributed by atoms with E-state index in [0.717, 1.165) is 0 Å². The molecule has 0 aliphatic heterocycles. The molecule has 0 aliphatic rings. The molecule has 1 heterocycles. The molecule has 1 aromatic heterocycles. The molecule has 0 radical (unpaired) electrons. The fourth-order valence-electron chi connectivity index (χ4n) is 1.80. The Morgan fingerprint density at radius 3 is 2.92 bits per heavy atom. The number of carbonyl (C=O) groups is 1. The average Bonchev–Trinajstić information content (AvgIpc) is 2.54. The number of hydrogen-bond acceptors (Lipinski definition) is 7. The quantitative estimate of drug-likeness (QED) is 0.404. The zero-order valence-electron chi connectivity index (χ0n) is 12.7. The largest absolute Gasteiger partial charge is 0.504 e. The molecule has 1 aromatic carbocycles. The number of carbonyl (C=O) groups excluding carboxylic acids is 1. The van der Waals surface area contributed by atoms with Crippen LogP contribution >= 0.6 is 0 Å². The molecular weight excluding hydrogens is 318 g/mol. The van der Waals surface area contributed by atoms with Crippen molar-refractivity contribution >= 4 is 12.1 Å². The van der Waals surface area contributed by atoms with E-state index in [2.05, 4.69) is 20.7 Å². The monoisotopic (exact) mass is 333 g/mol. The van der Waals surface area contributed by atoms with Gasteiger partial charge in [-0.05, 0) is 23.8 Å². The van der Waals surface area contributed by atoms with Gasteiger partial charge in [-0.2, -0.15) is 10.2 Å². The summed E-state index contributed by atoms with van der Waals surface area (Å²) in [7, 11) is 1.44. The lowest BCUT2D eigenvalue weighted by atomic mass is 10.2. The Labute approximate surface area is 135 Å². The third-order valence-electron chi connectivity index (χ3n) is 2.98. The molecule has 0 atom stereocenters. The lowest BCUT2D eigenvalue weighted by Gasteiger charge is -2.03. The lowest BCUT2D eigenvalue weighted by Crippen LogP contribution is -2.28. The number of benzene rings is 1. The number of hydrazone groups is 1. The summed E-state index contributed by atoms with van der Waals surface area (Å²) in [5.74, 6) is -0.151. The summed E-state index contributed by atoms with van der Waals surface area (Å²) in [6.45, 7) is 0. The molecule has 0 fully saturated rings. The number of aromatic hydroxyl groups is 1. The fraction of sp³-hybridized carbons (Fsp3) is 0.214. The summed E-state index contributed by atoms with van der Waals surface area (Å²) in [6, 6.07) is 4.64. The van der Waals surface area contributed by atoms with E-state index in [4.69, 9.17) is 4.74 Å². The molecule has 0 bridgehead atoms. The number of methoxy groups -OCH3 is 1. The van der Waals surface area contributed by atoms with Gasteiger partial charge in [-0.1, -0.05) is 0 Å². The van der Waals surface area contributed by atoms with Gasteiger partial charge in [0.25, 0.3) is 5.56 Å². The maximum Gasteiger partial charge on any atom is 0.342 e. The van der Waals surface area contributed by atoms with Gasteiger partial charge in [0.05, 0.1) is 13.3 Å². The number of ether oxygens (including phenoxy) is 1. The van der Waals surface area contributed by atoms with Crippen LogP contribution in [0.3, 0.4) is 0 Å². The molecule has 4 N–H and O–H groups in total. The number of amides is 1. The summed E-state index contributed by atoms with van der Waals surface area (Å²) in [5.41, 5.74) is 1.55. The highest BCUT2D eigenvalue weighted by Gasteiger charge is 2.06. The first-order valence-corrected chi connectivity index (χ1v) is 6.86. The molecule has 0 saturated heterocycles. The second kappa shape index (κ2) is 7.72. The van der Waals surface area contributed by atoms with E-state index in [9.17, 15) is 19.5 Å². The van der Waals surface area contributed by atoms with Crippen molar-refractivity contribution in [2.75, 3.05) is 7.11 Å². The second-order valence-corrected chi connectivity index (χ2v) is 4.68. The topological polar surface area (TPSA) is 150 Å². The summed E-state index contributed by atoms with van der Waals surface area (Å²) < 4.78 is 4.91. The summed E-state index contributed by atoms with van der Waals surface area (Å²) in [5, 5.41) is 19.0. The standard InChI is InChI=1S/C14H15N5O5/c1-24-11-4-2-8(6-10(11)20)7-15-18-12(21)5-3-9-13(22)16-14(23)19-17-9/h2,4,6-7,20H,3,5H2,1H3,(H,18,21)(H2,16,19,22,23)/b15-7+. The van der Waals surface area contributed by atoms with Gasteiger partial charge in [-0.15, -0.1) is 0 Å². The van der Waals surface area contributed by atoms with Crippen LogP contribution in [0.25, 0.3) is 0 Å². The predicted octanol–water partition coefficient (Wildman–Crippen LogP) is -0.745. The highest BCUT2D eigenvalue weighted by molar-refractivity contribution is 5.83. The molecule has 0 aliphatic carbocycles. The number of aromatic amines is 2. The molecule has 0 saturated carbocycles. The second-order valence-electron chi connectivity index (χ2n) is 4.68. The Kier molecular flexibility index (Phi) is 5.45. The van der Waals surface area contributed by atoms with Crippen molar-refractivity contribution < 1.29 is 14.6 Å². The number of rotatable bonds is 6. The van der Waals surface area contributed by atoms with E-state index in [1.54, 1.807) is 12.1 Å². The van der Waals surface area contributed by atoms with Crippen molar-refractivity contribution in [2.24, 2.45) is 5.10 Å². The van der Waals surface area contributed by atoms with Crippen LogP contribution in [0.15, 0.2) is 32.9 Å². The minimum Gasteiger partial charge on any atom is -0.504 e. The van der Waals surface area contributed by atoms with Gasteiger partial charge in [0, 0.05) is 12.8 Å². The normalized spacial score (nSPS) is 10.7. The summed E-state index contributed by atoms with van der Waals surface area (Å²) >= 11 is 0. The van der Waals surface area contributed by atoms with E-state index in [1.165, 1.54) is 19.4 Å². The van der Waals surface area contributed by atoms with E-state index < -0.39 is 17.2 Å². The first-order chi connectivity index (χ1) is 11.5. The Balaban J connectivity index is 1.87. The summed E-state index contributed by atoms with van der Waals surface area (Å²) in [6.07, 6.45) is 1.37. The van der Waals surface area contributed by atoms with Crippen molar-refractivity contribution in [3.05, 3.63) is 50.3 Å². The third-order valence-corrected chi connectivity index (χ3v) is 2.98. The number of nitrogens with one attached hydrogen (secondary N) is 3. The average molecular weight is 333 g/mol. The molecule has 1 amide bonds. The molecule has 0 unspecified atom stereocenters. The maximum absolute atomic E-state index is 11.6. The van der Waals surface area contributed by atoms with Gasteiger partial charge in [0.1, 0.15) is 5.69 Å². The van der Waals surface area contributed by atoms with E-state index in [-0.39, 0.29) is 24.3 Å². The molecule has 2 aromatic rings. The number of aryl methyl sites for hydroxylation is 1. The SMILES string of the molecule is COc1ccc(/C=N/NC(=O)CCc2n[nH]c(=O)[nH]c2=O)cc1O. The van der Waals surface area contributed by atoms with Crippen molar-refractivity contribution in [3.8, 4) is 11.5 Å². The third kappa shape index (κ3) is 4.53. The number of nitrogens with zero attached hydrogens (tertiary/aromatic N) is 2. The van der Waals surface area contributed by atoms with E-state index in [0.29, 0.717) is 11.3 Å². The lowest BCUT2D eigenvalue weighted by molar-refractivity contribution is -0.121. The van der Waals surface area contributed by atoms with Gasteiger partial charge in [-0.3, -0.25) is 14.6 Å². The van der Waals surface area contributed by atoms with E-state index >= 15 is 0 Å². The zero-order valence-corrected chi connectivity index (χ0v) is 12.7. The number of phenols is 1. The Bertz CT molecular complexity index is 870. The van der Waals surface area contributed by atoms with Gasteiger partial charge in [-0.25, -0.2) is 15.3 Å². The van der Waals surface area contributed by atoms with Gasteiger partial charge in [0.15, 0.2) is 11.5 Å². The van der Waals surface area contributed by atoms with Crippen molar-refractivity contribution in [1.82, 2.24) is 20.6 Å². The highest BCUT2D eigenvalue weighted by atomic mass is 16.5. The fourth-order valence-corrected chi connectivity index (χ4v) is 1.80. The van der Waals surface area contributed by atoms with Crippen LogP contribution in [0.2, 0.25) is 0 Å². The molecule has 24 heavy (non-hydrogen) atoms. The Morgan fingerprint density at radius 2 is 2.25 bits per heavy atom. The molecule has 0 spiro atoms. The van der Waals surface area contributed by atoms with Crippen LogP contribution in [-0.4, -0.2) is 39.5 Å². The predicted molar refractivity (Wildman–Crippen MR) is 84.2 cm³/mol. The van der Waals surface area contributed by atoms with Crippen molar-refractivity contribution in [3.63, 3.8) is 0 Å². The number of H-pyrrole nitrogens is 2. The minimum absolute atomic E-state index is 0.0344. The maximum atomic E-state index is 11.6. The van der Waals surface area contributed by atoms with Crippen LogP contribution in [0.5, 0.6) is 11.5 Å². The first kappa shape index (κ1) is 16.9. The molecule has 126 valence electrons. The smallest absolute Gasteiger partial charge is 0.342 e. The van der Waals surface area contributed by atoms with Crippen LogP contribution in [0, 0.1) is 0 Å². The minimum atomic E-state index is -0.708. The van der Waals surface area contributed by atoms with Crippen LogP contribution in [-0.2, 0) is 11.2 Å². The van der Waals surface area contributed by atoms with Gasteiger partial charge < -0.3 is 9.84 Å². The molecular formula is C14H15N5O5. The van der Waals surface area contributed by atoms with Crippen LogP contribution in [0.1, 0.15) is 17.7 Å². The van der Waals surface area contributed by atoms with Crippen LogP contribution < -0.4 is 21.4 Å². The Hall–Kier alpha value is -3.43. The van der Waals surface area contributed by atoms with Crippen LogP contribution in [0.4, 0.5) is 0 Å².